The normalized spacial score (nSPS) is 15.1. The van der Waals surface area contributed by atoms with Gasteiger partial charge in [0.2, 0.25) is 5.91 Å². The molecule has 0 spiro atoms. The number of rotatable bonds is 6. The average Bonchev–Trinajstić information content (AvgIpc) is 1.98. The van der Waals surface area contributed by atoms with Crippen molar-refractivity contribution in [2.75, 3.05) is 13.1 Å². The molecule has 0 bridgehead atoms. The molecular formula is C9H20N2O2. The Labute approximate surface area is 79.7 Å². The van der Waals surface area contributed by atoms with Crippen molar-refractivity contribution in [3.05, 3.63) is 0 Å². The minimum atomic E-state index is -0.366. The molecule has 0 radical (unpaired) electrons. The first-order valence-electron chi connectivity index (χ1n) is 4.74. The maximum atomic E-state index is 11.1. The van der Waals surface area contributed by atoms with Gasteiger partial charge >= 0.3 is 0 Å². The summed E-state index contributed by atoms with van der Waals surface area (Å²) in [5, 5.41) is 14.8. The van der Waals surface area contributed by atoms with Gasteiger partial charge in [-0.2, -0.15) is 0 Å². The molecular weight excluding hydrogens is 168 g/mol. The summed E-state index contributed by atoms with van der Waals surface area (Å²) in [6.45, 7) is 6.69. The summed E-state index contributed by atoms with van der Waals surface area (Å²) >= 11 is 0. The molecule has 4 heteroatoms. The van der Waals surface area contributed by atoms with Crippen LogP contribution in [-0.2, 0) is 4.79 Å². The smallest absolute Gasteiger partial charge is 0.234 e. The first-order chi connectivity index (χ1) is 6.06. The Morgan fingerprint density at radius 3 is 2.54 bits per heavy atom. The van der Waals surface area contributed by atoms with Gasteiger partial charge < -0.3 is 15.7 Å². The SMILES string of the molecule is CCNCC(=O)NC(C)CC(C)O. The molecule has 0 fully saturated rings. The van der Waals surface area contributed by atoms with E-state index in [1.807, 2.05) is 13.8 Å². The van der Waals surface area contributed by atoms with Crippen LogP contribution in [0.3, 0.4) is 0 Å². The van der Waals surface area contributed by atoms with E-state index in [0.29, 0.717) is 13.0 Å². The van der Waals surface area contributed by atoms with Crippen LogP contribution in [0.5, 0.6) is 0 Å². The fourth-order valence-corrected chi connectivity index (χ4v) is 1.13. The number of aliphatic hydroxyl groups is 1. The molecule has 0 saturated heterocycles. The van der Waals surface area contributed by atoms with Crippen molar-refractivity contribution in [1.29, 1.82) is 0 Å². The first kappa shape index (κ1) is 12.4. The molecule has 78 valence electrons. The van der Waals surface area contributed by atoms with E-state index in [9.17, 15) is 4.79 Å². The van der Waals surface area contributed by atoms with Gasteiger partial charge in [0.1, 0.15) is 0 Å². The molecule has 1 amide bonds. The van der Waals surface area contributed by atoms with Crippen LogP contribution in [0.15, 0.2) is 0 Å². The molecule has 0 aromatic carbocycles. The molecule has 0 aromatic heterocycles. The van der Waals surface area contributed by atoms with Crippen molar-refractivity contribution in [3.8, 4) is 0 Å². The molecule has 0 rings (SSSR count). The lowest BCUT2D eigenvalue weighted by atomic mass is 10.1. The third-order valence-electron chi connectivity index (χ3n) is 1.64. The average molecular weight is 188 g/mol. The zero-order valence-corrected chi connectivity index (χ0v) is 8.63. The van der Waals surface area contributed by atoms with E-state index in [0.717, 1.165) is 6.54 Å². The number of amides is 1. The summed E-state index contributed by atoms with van der Waals surface area (Å²) in [5.74, 6) is -0.0185. The molecule has 13 heavy (non-hydrogen) atoms. The van der Waals surface area contributed by atoms with Crippen LogP contribution in [0.2, 0.25) is 0 Å². The lowest BCUT2D eigenvalue weighted by Crippen LogP contribution is -2.40. The minimum absolute atomic E-state index is 0.0185. The minimum Gasteiger partial charge on any atom is -0.393 e. The fourth-order valence-electron chi connectivity index (χ4n) is 1.13. The number of hydrogen-bond donors (Lipinski definition) is 3. The van der Waals surface area contributed by atoms with E-state index in [2.05, 4.69) is 10.6 Å². The number of nitrogens with one attached hydrogen (secondary N) is 2. The van der Waals surface area contributed by atoms with E-state index in [4.69, 9.17) is 5.11 Å². The van der Waals surface area contributed by atoms with E-state index in [1.54, 1.807) is 6.92 Å². The van der Waals surface area contributed by atoms with Crippen LogP contribution in [0.1, 0.15) is 27.2 Å². The van der Waals surface area contributed by atoms with Gasteiger partial charge in [-0.05, 0) is 26.8 Å². The van der Waals surface area contributed by atoms with Crippen LogP contribution in [0, 0.1) is 0 Å². The first-order valence-corrected chi connectivity index (χ1v) is 4.74. The highest BCUT2D eigenvalue weighted by atomic mass is 16.3. The van der Waals surface area contributed by atoms with Gasteiger partial charge in [-0.15, -0.1) is 0 Å². The van der Waals surface area contributed by atoms with Gasteiger partial charge in [0.15, 0.2) is 0 Å². The highest BCUT2D eigenvalue weighted by Gasteiger charge is 2.08. The lowest BCUT2D eigenvalue weighted by molar-refractivity contribution is -0.120. The Hall–Kier alpha value is -0.610. The van der Waals surface area contributed by atoms with Crippen molar-refractivity contribution in [3.63, 3.8) is 0 Å². The molecule has 0 aliphatic carbocycles. The molecule has 2 unspecified atom stereocenters. The largest absolute Gasteiger partial charge is 0.393 e. The maximum absolute atomic E-state index is 11.1. The Bertz CT molecular complexity index is 149. The standard InChI is InChI=1S/C9H20N2O2/c1-4-10-6-9(13)11-7(2)5-8(3)12/h7-8,10,12H,4-6H2,1-3H3,(H,11,13). The van der Waals surface area contributed by atoms with Crippen LogP contribution in [0.4, 0.5) is 0 Å². The fraction of sp³-hybridized carbons (Fsp3) is 0.889. The topological polar surface area (TPSA) is 61.4 Å². The second-order valence-corrected chi connectivity index (χ2v) is 3.33. The van der Waals surface area contributed by atoms with Crippen LogP contribution in [0.25, 0.3) is 0 Å². The summed E-state index contributed by atoms with van der Waals surface area (Å²) < 4.78 is 0. The van der Waals surface area contributed by atoms with Crippen molar-refractivity contribution >= 4 is 5.91 Å². The van der Waals surface area contributed by atoms with Gasteiger partial charge in [0.05, 0.1) is 12.6 Å². The van der Waals surface area contributed by atoms with Crippen LogP contribution >= 0.6 is 0 Å². The Kier molecular flexibility index (Phi) is 6.54. The number of carbonyl (C=O) groups excluding carboxylic acids is 1. The maximum Gasteiger partial charge on any atom is 0.234 e. The third kappa shape index (κ3) is 7.74. The van der Waals surface area contributed by atoms with Gasteiger partial charge in [0, 0.05) is 6.04 Å². The van der Waals surface area contributed by atoms with Crippen LogP contribution < -0.4 is 10.6 Å². The quantitative estimate of drug-likeness (QED) is 0.544. The van der Waals surface area contributed by atoms with Crippen molar-refractivity contribution in [1.82, 2.24) is 10.6 Å². The van der Waals surface area contributed by atoms with E-state index < -0.39 is 0 Å². The second-order valence-electron chi connectivity index (χ2n) is 3.33. The van der Waals surface area contributed by atoms with Crippen LogP contribution in [-0.4, -0.2) is 36.2 Å². The molecule has 4 nitrogen and oxygen atoms in total. The molecule has 3 N–H and O–H groups in total. The zero-order chi connectivity index (χ0) is 10.3. The van der Waals surface area contributed by atoms with E-state index >= 15 is 0 Å². The lowest BCUT2D eigenvalue weighted by Gasteiger charge is -2.15. The van der Waals surface area contributed by atoms with Gasteiger partial charge in [0.25, 0.3) is 0 Å². The summed E-state index contributed by atoms with van der Waals surface area (Å²) in [4.78, 5) is 11.1. The number of aliphatic hydroxyl groups excluding tert-OH is 1. The molecule has 2 atom stereocenters. The number of hydrogen-bond acceptors (Lipinski definition) is 3. The summed E-state index contributed by atoms with van der Waals surface area (Å²) in [7, 11) is 0. The molecule has 0 saturated carbocycles. The third-order valence-corrected chi connectivity index (χ3v) is 1.64. The summed E-state index contributed by atoms with van der Waals surface area (Å²) in [6.07, 6.45) is 0.229. The molecule has 0 aliphatic heterocycles. The summed E-state index contributed by atoms with van der Waals surface area (Å²) in [6, 6.07) is 0.0335. The van der Waals surface area contributed by atoms with Gasteiger partial charge in [-0.25, -0.2) is 0 Å². The van der Waals surface area contributed by atoms with Gasteiger partial charge in [-0.3, -0.25) is 4.79 Å². The predicted molar refractivity (Wildman–Crippen MR) is 52.4 cm³/mol. The Morgan fingerprint density at radius 2 is 2.08 bits per heavy atom. The molecule has 0 aromatic rings. The molecule has 0 aliphatic rings. The van der Waals surface area contributed by atoms with Crippen molar-refractivity contribution in [2.24, 2.45) is 0 Å². The van der Waals surface area contributed by atoms with Gasteiger partial charge in [-0.1, -0.05) is 6.92 Å². The monoisotopic (exact) mass is 188 g/mol. The summed E-state index contributed by atoms with van der Waals surface area (Å²) in [5.41, 5.74) is 0. The van der Waals surface area contributed by atoms with Crippen molar-refractivity contribution < 1.29 is 9.90 Å². The predicted octanol–water partition coefficient (Wildman–Crippen LogP) is -0.128. The van der Waals surface area contributed by atoms with E-state index in [1.165, 1.54) is 0 Å². The van der Waals surface area contributed by atoms with E-state index in [-0.39, 0.29) is 18.1 Å². The second kappa shape index (κ2) is 6.86. The Morgan fingerprint density at radius 1 is 1.46 bits per heavy atom. The number of likely N-dealkylation sites (N-methyl/N-ethyl adjacent to an activating group) is 1. The van der Waals surface area contributed by atoms with Crippen molar-refractivity contribution in [2.45, 2.75) is 39.3 Å². The number of carbonyl (C=O) groups is 1. The highest BCUT2D eigenvalue weighted by Crippen LogP contribution is 1.95. The Balaban J connectivity index is 3.53. The highest BCUT2D eigenvalue weighted by molar-refractivity contribution is 5.78. The molecule has 0 heterocycles. The zero-order valence-electron chi connectivity index (χ0n) is 8.63.